The quantitative estimate of drug-likeness (QED) is 0.867. The SMILES string of the molecule is O=c1ccc(Br)cn1CCNC1CCCCCC1. The molecule has 1 aliphatic rings. The zero-order valence-corrected chi connectivity index (χ0v) is 12.3. The van der Waals surface area contributed by atoms with Crippen LogP contribution in [0.5, 0.6) is 0 Å². The maximum atomic E-state index is 11.6. The average molecular weight is 313 g/mol. The van der Waals surface area contributed by atoms with Crippen molar-refractivity contribution in [3.8, 4) is 0 Å². The van der Waals surface area contributed by atoms with Gasteiger partial charge in [-0.2, -0.15) is 0 Å². The lowest BCUT2D eigenvalue weighted by molar-refractivity contribution is 0.443. The van der Waals surface area contributed by atoms with E-state index in [4.69, 9.17) is 0 Å². The number of rotatable bonds is 4. The molecule has 4 heteroatoms. The number of hydrogen-bond donors (Lipinski definition) is 1. The molecule has 0 spiro atoms. The predicted octanol–water partition coefficient (Wildman–Crippen LogP) is 2.92. The van der Waals surface area contributed by atoms with Crippen LogP contribution in [0.4, 0.5) is 0 Å². The molecule has 2 rings (SSSR count). The summed E-state index contributed by atoms with van der Waals surface area (Å²) in [6.45, 7) is 1.62. The summed E-state index contributed by atoms with van der Waals surface area (Å²) in [6, 6.07) is 4.04. The topological polar surface area (TPSA) is 34.0 Å². The van der Waals surface area contributed by atoms with E-state index in [0.717, 1.165) is 17.6 Å². The van der Waals surface area contributed by atoms with Gasteiger partial charge in [-0.3, -0.25) is 4.79 Å². The molecule has 0 aliphatic heterocycles. The van der Waals surface area contributed by atoms with Crippen molar-refractivity contribution in [2.75, 3.05) is 6.54 Å². The molecule has 1 saturated carbocycles. The van der Waals surface area contributed by atoms with Gasteiger partial charge < -0.3 is 9.88 Å². The molecule has 1 heterocycles. The molecule has 0 amide bonds. The molecule has 1 aliphatic carbocycles. The van der Waals surface area contributed by atoms with E-state index in [9.17, 15) is 4.79 Å². The van der Waals surface area contributed by atoms with Crippen LogP contribution >= 0.6 is 15.9 Å². The Morgan fingerprint density at radius 2 is 1.94 bits per heavy atom. The minimum Gasteiger partial charge on any atom is -0.313 e. The Morgan fingerprint density at radius 1 is 1.22 bits per heavy atom. The fourth-order valence-corrected chi connectivity index (χ4v) is 2.93. The van der Waals surface area contributed by atoms with Crippen molar-refractivity contribution in [2.45, 2.75) is 51.1 Å². The molecule has 0 radical (unpaired) electrons. The molecule has 1 fully saturated rings. The first-order valence-electron chi connectivity index (χ1n) is 6.85. The van der Waals surface area contributed by atoms with Crippen molar-refractivity contribution in [2.24, 2.45) is 0 Å². The molecule has 3 nitrogen and oxygen atoms in total. The molecule has 0 saturated heterocycles. The number of pyridine rings is 1. The predicted molar refractivity (Wildman–Crippen MR) is 77.9 cm³/mol. The highest BCUT2D eigenvalue weighted by atomic mass is 79.9. The lowest BCUT2D eigenvalue weighted by Gasteiger charge is -2.16. The van der Waals surface area contributed by atoms with Gasteiger partial charge in [0.05, 0.1) is 0 Å². The Bertz CT molecular complexity index is 422. The smallest absolute Gasteiger partial charge is 0.250 e. The van der Waals surface area contributed by atoms with Crippen LogP contribution in [0.1, 0.15) is 38.5 Å². The average Bonchev–Trinajstić information content (AvgIpc) is 2.62. The van der Waals surface area contributed by atoms with Crippen LogP contribution in [0, 0.1) is 0 Å². The monoisotopic (exact) mass is 312 g/mol. The summed E-state index contributed by atoms with van der Waals surface area (Å²) in [5.41, 5.74) is 0.0702. The van der Waals surface area contributed by atoms with Crippen molar-refractivity contribution >= 4 is 15.9 Å². The standard InChI is InChI=1S/C14H21BrN2O/c15-12-7-8-14(18)17(11-12)10-9-16-13-5-3-1-2-4-6-13/h7-8,11,13,16H,1-6,9-10H2. The van der Waals surface area contributed by atoms with Crippen molar-refractivity contribution in [3.05, 3.63) is 33.2 Å². The van der Waals surface area contributed by atoms with Gasteiger partial charge in [-0.05, 0) is 34.8 Å². The summed E-state index contributed by atoms with van der Waals surface area (Å²) in [7, 11) is 0. The molecule has 1 aromatic rings. The van der Waals surface area contributed by atoms with Crippen molar-refractivity contribution in [1.82, 2.24) is 9.88 Å². The Kier molecular flexibility index (Phi) is 5.45. The van der Waals surface area contributed by atoms with Crippen LogP contribution < -0.4 is 10.9 Å². The second kappa shape index (κ2) is 7.10. The molecule has 18 heavy (non-hydrogen) atoms. The van der Waals surface area contributed by atoms with E-state index < -0.39 is 0 Å². The van der Waals surface area contributed by atoms with E-state index >= 15 is 0 Å². The summed E-state index contributed by atoms with van der Waals surface area (Å²) in [6.07, 6.45) is 9.87. The van der Waals surface area contributed by atoms with Crippen LogP contribution in [0.25, 0.3) is 0 Å². The van der Waals surface area contributed by atoms with E-state index in [-0.39, 0.29) is 5.56 Å². The Hall–Kier alpha value is -0.610. The highest BCUT2D eigenvalue weighted by Crippen LogP contribution is 2.16. The maximum absolute atomic E-state index is 11.6. The zero-order valence-electron chi connectivity index (χ0n) is 10.7. The second-order valence-corrected chi connectivity index (χ2v) is 5.94. The Balaban J connectivity index is 1.80. The van der Waals surface area contributed by atoms with Gasteiger partial charge in [-0.25, -0.2) is 0 Å². The van der Waals surface area contributed by atoms with Crippen LogP contribution in [0.15, 0.2) is 27.6 Å². The largest absolute Gasteiger partial charge is 0.313 e. The summed E-state index contributed by atoms with van der Waals surface area (Å²) >= 11 is 3.40. The summed E-state index contributed by atoms with van der Waals surface area (Å²) in [5, 5.41) is 3.58. The number of halogens is 1. The first-order chi connectivity index (χ1) is 8.75. The van der Waals surface area contributed by atoms with Gasteiger partial charge in [0.15, 0.2) is 0 Å². The lowest BCUT2D eigenvalue weighted by atomic mass is 10.1. The van der Waals surface area contributed by atoms with E-state index in [0.29, 0.717) is 6.04 Å². The van der Waals surface area contributed by atoms with Crippen LogP contribution in [-0.2, 0) is 6.54 Å². The third kappa shape index (κ3) is 4.25. The molecular weight excluding hydrogens is 292 g/mol. The van der Waals surface area contributed by atoms with Gasteiger partial charge in [0.25, 0.3) is 5.56 Å². The van der Waals surface area contributed by atoms with Gasteiger partial charge in [0, 0.05) is 35.9 Å². The fourth-order valence-electron chi connectivity index (χ4n) is 2.55. The van der Waals surface area contributed by atoms with Crippen molar-refractivity contribution in [1.29, 1.82) is 0 Å². The first-order valence-corrected chi connectivity index (χ1v) is 7.64. The minimum absolute atomic E-state index is 0.0702. The lowest BCUT2D eigenvalue weighted by Crippen LogP contribution is -2.33. The number of nitrogens with zero attached hydrogens (tertiary/aromatic N) is 1. The molecule has 100 valence electrons. The van der Waals surface area contributed by atoms with E-state index in [1.807, 2.05) is 6.20 Å². The first kappa shape index (κ1) is 13.8. The van der Waals surface area contributed by atoms with Gasteiger partial charge in [0.2, 0.25) is 0 Å². The van der Waals surface area contributed by atoms with Gasteiger partial charge >= 0.3 is 0 Å². The number of nitrogens with one attached hydrogen (secondary N) is 1. The maximum Gasteiger partial charge on any atom is 0.250 e. The van der Waals surface area contributed by atoms with E-state index in [1.165, 1.54) is 38.5 Å². The molecule has 1 aromatic heterocycles. The summed E-state index contributed by atoms with van der Waals surface area (Å²) in [5.74, 6) is 0. The fraction of sp³-hybridized carbons (Fsp3) is 0.643. The Labute approximate surface area is 117 Å². The molecule has 1 N–H and O–H groups in total. The second-order valence-electron chi connectivity index (χ2n) is 5.02. The molecule has 0 atom stereocenters. The normalized spacial score (nSPS) is 17.6. The number of hydrogen-bond acceptors (Lipinski definition) is 2. The minimum atomic E-state index is 0.0702. The molecular formula is C14H21BrN2O. The van der Waals surface area contributed by atoms with Crippen molar-refractivity contribution in [3.63, 3.8) is 0 Å². The van der Waals surface area contributed by atoms with Gasteiger partial charge in [-0.1, -0.05) is 25.7 Å². The number of aromatic nitrogens is 1. The third-order valence-corrected chi connectivity index (χ3v) is 4.06. The molecule has 0 unspecified atom stereocenters. The zero-order chi connectivity index (χ0) is 12.8. The molecule has 0 bridgehead atoms. The van der Waals surface area contributed by atoms with Crippen LogP contribution in [0.3, 0.4) is 0 Å². The van der Waals surface area contributed by atoms with Crippen LogP contribution in [0.2, 0.25) is 0 Å². The van der Waals surface area contributed by atoms with Gasteiger partial charge in [0.1, 0.15) is 0 Å². The highest BCUT2D eigenvalue weighted by Gasteiger charge is 2.10. The van der Waals surface area contributed by atoms with E-state index in [1.54, 1.807) is 16.7 Å². The van der Waals surface area contributed by atoms with Gasteiger partial charge in [-0.15, -0.1) is 0 Å². The Morgan fingerprint density at radius 3 is 2.67 bits per heavy atom. The third-order valence-electron chi connectivity index (χ3n) is 3.59. The molecule has 0 aromatic carbocycles. The van der Waals surface area contributed by atoms with Crippen LogP contribution in [-0.4, -0.2) is 17.2 Å². The van der Waals surface area contributed by atoms with Crippen molar-refractivity contribution < 1.29 is 0 Å². The summed E-state index contributed by atoms with van der Waals surface area (Å²) in [4.78, 5) is 11.6. The highest BCUT2D eigenvalue weighted by molar-refractivity contribution is 9.10. The summed E-state index contributed by atoms with van der Waals surface area (Å²) < 4.78 is 2.71. The van der Waals surface area contributed by atoms with E-state index in [2.05, 4.69) is 21.2 Å².